The summed E-state index contributed by atoms with van der Waals surface area (Å²) < 4.78 is 13.0. The van der Waals surface area contributed by atoms with E-state index < -0.39 is 48.3 Å². The van der Waals surface area contributed by atoms with Crippen LogP contribution < -0.4 is 0 Å². The van der Waals surface area contributed by atoms with Crippen LogP contribution in [0.3, 0.4) is 0 Å². The maximum absolute atomic E-state index is 10.8. The largest absolute Gasteiger partial charge is 0.465 e. The molecule has 0 unspecified atom stereocenters. The van der Waals surface area contributed by atoms with E-state index in [2.05, 4.69) is 0 Å². The zero-order valence-corrected chi connectivity index (χ0v) is 21.7. The molecule has 8 heteroatoms. The molecule has 2 aromatic rings. The van der Waals surface area contributed by atoms with Gasteiger partial charge in [-0.15, -0.1) is 0 Å². The van der Waals surface area contributed by atoms with Gasteiger partial charge in [0.2, 0.25) is 0 Å². The van der Waals surface area contributed by atoms with E-state index in [4.69, 9.17) is 9.31 Å². The summed E-state index contributed by atoms with van der Waals surface area (Å²) in [5, 5.41) is 42.9. The normalized spacial score (nSPS) is 15.1. The molecule has 2 rings (SSSR count). The molecule has 2 atom stereocenters. The minimum atomic E-state index is -1.72. The number of benzene rings is 2. The number of hydrogen-bond acceptors (Lipinski definition) is 6. The van der Waals surface area contributed by atoms with Gasteiger partial charge in [0.15, 0.2) is 0 Å². The molecule has 34 heavy (non-hydrogen) atoms. The molecule has 0 amide bonds. The summed E-state index contributed by atoms with van der Waals surface area (Å²) in [5.41, 5.74) is -3.17. The second-order valence-corrected chi connectivity index (χ2v) is 11.0. The number of rotatable bonds is 11. The Morgan fingerprint density at radius 2 is 0.912 bits per heavy atom. The molecular formula is C26H40B2O6. The smallest absolute Gasteiger partial charge is 0.427 e. The zero-order chi connectivity index (χ0) is 25.9. The van der Waals surface area contributed by atoms with Crippen LogP contribution in [0.1, 0.15) is 78.2 Å². The first-order valence-corrected chi connectivity index (χ1v) is 11.7. The van der Waals surface area contributed by atoms with Crippen LogP contribution in [0.5, 0.6) is 0 Å². The first-order valence-electron chi connectivity index (χ1n) is 11.7. The predicted octanol–water partition coefficient (Wildman–Crippen LogP) is 3.73. The average molecular weight is 470 g/mol. The molecule has 186 valence electrons. The minimum absolute atomic E-state index is 0.688. The second-order valence-electron chi connectivity index (χ2n) is 11.0. The van der Waals surface area contributed by atoms with Gasteiger partial charge in [0.05, 0.1) is 22.4 Å². The molecule has 0 heterocycles. The SMILES string of the molecule is CC(C)(O)C(C)(C)OB(OC(C)(C)C(C)(C)O)[C@@H](c1ccccc1)[C@@H](B(O)O)c1ccccc1. The van der Waals surface area contributed by atoms with Crippen LogP contribution in [0, 0.1) is 0 Å². The van der Waals surface area contributed by atoms with Gasteiger partial charge in [0.25, 0.3) is 0 Å². The van der Waals surface area contributed by atoms with Gasteiger partial charge < -0.3 is 29.6 Å². The summed E-state index contributed by atoms with van der Waals surface area (Å²) in [7, 11) is -2.78. The van der Waals surface area contributed by atoms with Crippen molar-refractivity contribution in [2.45, 2.75) is 89.4 Å². The summed E-state index contributed by atoms with van der Waals surface area (Å²) in [6.07, 6.45) is 0. The van der Waals surface area contributed by atoms with Crippen LogP contribution in [0.4, 0.5) is 0 Å². The van der Waals surface area contributed by atoms with E-state index in [0.717, 1.165) is 5.56 Å². The second kappa shape index (κ2) is 10.5. The highest BCUT2D eigenvalue weighted by Gasteiger charge is 2.52. The van der Waals surface area contributed by atoms with E-state index in [1.807, 2.05) is 60.7 Å². The van der Waals surface area contributed by atoms with Gasteiger partial charge in [-0.2, -0.15) is 0 Å². The van der Waals surface area contributed by atoms with Gasteiger partial charge in [-0.3, -0.25) is 0 Å². The van der Waals surface area contributed by atoms with Crippen molar-refractivity contribution >= 4 is 14.2 Å². The molecule has 0 aliphatic heterocycles. The lowest BCUT2D eigenvalue weighted by molar-refractivity contribution is -0.136. The van der Waals surface area contributed by atoms with E-state index in [0.29, 0.717) is 5.56 Å². The molecule has 0 aliphatic carbocycles. The molecule has 0 saturated carbocycles. The molecule has 2 aromatic carbocycles. The first-order chi connectivity index (χ1) is 15.5. The molecule has 0 radical (unpaired) electrons. The lowest BCUT2D eigenvalue weighted by atomic mass is 9.49. The Morgan fingerprint density at radius 3 is 1.21 bits per heavy atom. The number of hydrogen-bond donors (Lipinski definition) is 4. The average Bonchev–Trinajstić information content (AvgIpc) is 2.70. The molecule has 0 aromatic heterocycles. The topological polar surface area (TPSA) is 99.4 Å². The Kier molecular flexibility index (Phi) is 8.84. The predicted molar refractivity (Wildman–Crippen MR) is 137 cm³/mol. The highest BCUT2D eigenvalue weighted by atomic mass is 16.6. The summed E-state index contributed by atoms with van der Waals surface area (Å²) in [6.45, 7) is 13.6. The minimum Gasteiger partial charge on any atom is -0.427 e. The van der Waals surface area contributed by atoms with Crippen molar-refractivity contribution in [3.05, 3.63) is 71.8 Å². The fourth-order valence-corrected chi connectivity index (χ4v) is 3.49. The van der Waals surface area contributed by atoms with Gasteiger partial charge in [-0.1, -0.05) is 60.7 Å². The molecule has 4 N–H and O–H groups in total. The third-order valence-electron chi connectivity index (χ3n) is 7.14. The van der Waals surface area contributed by atoms with Crippen molar-refractivity contribution in [1.29, 1.82) is 0 Å². The molecular weight excluding hydrogens is 430 g/mol. The maximum Gasteiger partial charge on any atom is 0.465 e. The summed E-state index contributed by atoms with van der Waals surface area (Å²) in [6, 6.07) is 18.6. The van der Waals surface area contributed by atoms with E-state index >= 15 is 0 Å². The van der Waals surface area contributed by atoms with Crippen molar-refractivity contribution < 1.29 is 29.6 Å². The van der Waals surface area contributed by atoms with Crippen LogP contribution in [-0.2, 0) is 9.31 Å². The fraction of sp³-hybridized carbons (Fsp3) is 0.538. The monoisotopic (exact) mass is 470 g/mol. The quantitative estimate of drug-likeness (QED) is 0.374. The van der Waals surface area contributed by atoms with E-state index in [-0.39, 0.29) is 0 Å². The molecule has 0 spiro atoms. The molecule has 0 saturated heterocycles. The van der Waals surface area contributed by atoms with Crippen molar-refractivity contribution in [3.8, 4) is 0 Å². The van der Waals surface area contributed by atoms with Crippen molar-refractivity contribution in [2.75, 3.05) is 0 Å². The summed E-state index contributed by atoms with van der Waals surface area (Å²) in [4.78, 5) is 0. The number of aliphatic hydroxyl groups is 2. The Hall–Kier alpha value is -1.67. The van der Waals surface area contributed by atoms with E-state index in [9.17, 15) is 20.3 Å². The van der Waals surface area contributed by atoms with Gasteiger partial charge >= 0.3 is 14.2 Å². The van der Waals surface area contributed by atoms with Crippen molar-refractivity contribution in [3.63, 3.8) is 0 Å². The Morgan fingerprint density at radius 1 is 0.588 bits per heavy atom. The van der Waals surface area contributed by atoms with Gasteiger partial charge in [0, 0.05) is 11.6 Å². The molecule has 6 nitrogen and oxygen atoms in total. The Balaban J connectivity index is 2.74. The standard InChI is InChI=1S/C26H40B2O6/c1-23(2,29)25(5,6)33-28(34-26(7,8)24(3,4)30)22(20-17-13-10-14-18-20)21(27(31)32)19-15-11-9-12-16-19/h9-18,21-22,29-32H,1-8H3/t21-,22-/m0/s1. The van der Waals surface area contributed by atoms with Crippen LogP contribution in [0.15, 0.2) is 60.7 Å². The van der Waals surface area contributed by atoms with Crippen LogP contribution in [-0.4, -0.2) is 56.9 Å². The third-order valence-corrected chi connectivity index (χ3v) is 7.14. The highest BCUT2D eigenvalue weighted by Crippen LogP contribution is 2.41. The summed E-state index contributed by atoms with van der Waals surface area (Å²) in [5.74, 6) is -1.50. The molecule has 0 aliphatic rings. The van der Waals surface area contributed by atoms with Crippen LogP contribution >= 0.6 is 0 Å². The zero-order valence-electron chi connectivity index (χ0n) is 21.7. The maximum atomic E-state index is 10.8. The first kappa shape index (κ1) is 28.6. The Bertz CT molecular complexity index is 861. The highest BCUT2D eigenvalue weighted by molar-refractivity contribution is 6.53. The van der Waals surface area contributed by atoms with E-state index in [1.54, 1.807) is 55.4 Å². The van der Waals surface area contributed by atoms with Crippen molar-refractivity contribution in [2.24, 2.45) is 0 Å². The van der Waals surface area contributed by atoms with Gasteiger partial charge in [-0.05, 0) is 66.5 Å². The lowest BCUT2D eigenvalue weighted by Gasteiger charge is -2.46. The van der Waals surface area contributed by atoms with Gasteiger partial charge in [-0.25, -0.2) is 0 Å². The van der Waals surface area contributed by atoms with Gasteiger partial charge in [0.1, 0.15) is 0 Å². The molecule has 0 bridgehead atoms. The fourth-order valence-electron chi connectivity index (χ4n) is 3.49. The van der Waals surface area contributed by atoms with Crippen LogP contribution in [0.25, 0.3) is 0 Å². The lowest BCUT2D eigenvalue weighted by Crippen LogP contribution is -2.58. The van der Waals surface area contributed by atoms with Crippen LogP contribution in [0.2, 0.25) is 0 Å². The molecule has 0 fully saturated rings. The third kappa shape index (κ3) is 6.72. The Labute approximate surface area is 205 Å². The summed E-state index contributed by atoms with van der Waals surface area (Å²) >= 11 is 0. The van der Waals surface area contributed by atoms with E-state index in [1.165, 1.54) is 0 Å². The van der Waals surface area contributed by atoms with Crippen molar-refractivity contribution in [1.82, 2.24) is 0 Å².